The van der Waals surface area contributed by atoms with E-state index in [2.05, 4.69) is 5.16 Å². The van der Waals surface area contributed by atoms with Gasteiger partial charge in [-0.2, -0.15) is 0 Å². The summed E-state index contributed by atoms with van der Waals surface area (Å²) >= 11 is 0. The topological polar surface area (TPSA) is 60.3 Å². The van der Waals surface area contributed by atoms with Gasteiger partial charge in [-0.3, -0.25) is 0 Å². The first kappa shape index (κ1) is 16.6. The molecule has 0 bridgehead atoms. The number of benzene rings is 2. The number of nitrogens with zero attached hydrogens (tertiary/aromatic N) is 1. The van der Waals surface area contributed by atoms with Gasteiger partial charge < -0.3 is 19.4 Å². The van der Waals surface area contributed by atoms with Crippen molar-refractivity contribution in [2.24, 2.45) is 5.16 Å². The predicted molar refractivity (Wildman–Crippen MR) is 85.5 cm³/mol. The van der Waals surface area contributed by atoms with Crippen molar-refractivity contribution in [1.82, 2.24) is 0 Å². The van der Waals surface area contributed by atoms with Crippen molar-refractivity contribution in [3.05, 3.63) is 41.7 Å². The van der Waals surface area contributed by atoms with Crippen molar-refractivity contribution in [1.29, 1.82) is 0 Å². The zero-order valence-electron chi connectivity index (χ0n) is 13.4. The fraction of sp³-hybridized carbons (Fsp3) is 0.235. The summed E-state index contributed by atoms with van der Waals surface area (Å²) in [6, 6.07) is 7.81. The first-order chi connectivity index (χ1) is 11.1. The highest BCUT2D eigenvalue weighted by Crippen LogP contribution is 2.44. The molecule has 2 aromatic rings. The minimum atomic E-state index is -0.426. The molecule has 5 nitrogen and oxygen atoms in total. The third-order valence-electron chi connectivity index (χ3n) is 3.53. The van der Waals surface area contributed by atoms with E-state index >= 15 is 0 Å². The van der Waals surface area contributed by atoms with Gasteiger partial charge in [0, 0.05) is 11.1 Å². The van der Waals surface area contributed by atoms with Crippen LogP contribution in [-0.4, -0.2) is 32.2 Å². The van der Waals surface area contributed by atoms with Crippen molar-refractivity contribution >= 4 is 5.71 Å². The summed E-state index contributed by atoms with van der Waals surface area (Å²) in [6.45, 7) is 1.63. The van der Waals surface area contributed by atoms with Gasteiger partial charge in [0.15, 0.2) is 11.5 Å². The Labute approximate surface area is 133 Å². The van der Waals surface area contributed by atoms with E-state index in [1.54, 1.807) is 31.2 Å². The number of methoxy groups -OCH3 is 3. The molecule has 0 fully saturated rings. The molecule has 23 heavy (non-hydrogen) atoms. The van der Waals surface area contributed by atoms with Gasteiger partial charge in [-0.15, -0.1) is 0 Å². The van der Waals surface area contributed by atoms with E-state index in [1.807, 2.05) is 0 Å². The van der Waals surface area contributed by atoms with Gasteiger partial charge in [-0.05, 0) is 36.8 Å². The second kappa shape index (κ2) is 7.00. The van der Waals surface area contributed by atoms with Crippen LogP contribution >= 0.6 is 0 Å². The summed E-state index contributed by atoms with van der Waals surface area (Å²) in [5.41, 5.74) is 1.80. The van der Waals surface area contributed by atoms with Crippen LogP contribution < -0.4 is 14.2 Å². The van der Waals surface area contributed by atoms with Crippen LogP contribution in [0.1, 0.15) is 12.5 Å². The SMILES string of the molecule is COc1ccc(-c2cc(/C(C)=N/O)ccc2F)c(OC)c1OC. The Balaban J connectivity index is 2.71. The van der Waals surface area contributed by atoms with Crippen LogP contribution in [0.4, 0.5) is 4.39 Å². The van der Waals surface area contributed by atoms with E-state index in [9.17, 15) is 4.39 Å². The molecule has 2 aromatic carbocycles. The van der Waals surface area contributed by atoms with Crippen molar-refractivity contribution in [2.75, 3.05) is 21.3 Å². The summed E-state index contributed by atoms with van der Waals surface area (Å²) in [5.74, 6) is 0.800. The molecule has 2 rings (SSSR count). The van der Waals surface area contributed by atoms with Crippen molar-refractivity contribution in [3.8, 4) is 28.4 Å². The normalized spacial score (nSPS) is 11.3. The fourth-order valence-corrected chi connectivity index (χ4v) is 2.33. The number of rotatable bonds is 5. The summed E-state index contributed by atoms with van der Waals surface area (Å²) in [6.07, 6.45) is 0. The van der Waals surface area contributed by atoms with Gasteiger partial charge in [0.25, 0.3) is 0 Å². The number of oxime groups is 1. The molecule has 1 N–H and O–H groups in total. The molecule has 0 aliphatic heterocycles. The Morgan fingerprint density at radius 1 is 0.957 bits per heavy atom. The van der Waals surface area contributed by atoms with E-state index in [-0.39, 0.29) is 0 Å². The maximum Gasteiger partial charge on any atom is 0.203 e. The number of hydrogen-bond acceptors (Lipinski definition) is 5. The first-order valence-electron chi connectivity index (χ1n) is 6.85. The lowest BCUT2D eigenvalue weighted by molar-refractivity contribution is 0.319. The highest BCUT2D eigenvalue weighted by molar-refractivity contribution is 5.99. The van der Waals surface area contributed by atoms with Crippen LogP contribution in [0.2, 0.25) is 0 Å². The fourth-order valence-electron chi connectivity index (χ4n) is 2.33. The van der Waals surface area contributed by atoms with Gasteiger partial charge in [-0.25, -0.2) is 4.39 Å². The Hall–Kier alpha value is -2.76. The maximum atomic E-state index is 14.3. The molecule has 0 radical (unpaired) electrons. The Morgan fingerprint density at radius 3 is 2.22 bits per heavy atom. The summed E-state index contributed by atoms with van der Waals surface area (Å²) in [4.78, 5) is 0. The molecule has 0 aliphatic carbocycles. The summed E-state index contributed by atoms with van der Waals surface area (Å²) in [5, 5.41) is 12.0. The summed E-state index contributed by atoms with van der Waals surface area (Å²) < 4.78 is 30.3. The lowest BCUT2D eigenvalue weighted by Gasteiger charge is -2.16. The van der Waals surface area contributed by atoms with E-state index in [0.717, 1.165) is 0 Å². The van der Waals surface area contributed by atoms with Crippen LogP contribution in [0.5, 0.6) is 17.2 Å². The van der Waals surface area contributed by atoms with Gasteiger partial charge in [0.2, 0.25) is 5.75 Å². The van der Waals surface area contributed by atoms with E-state index in [4.69, 9.17) is 19.4 Å². The van der Waals surface area contributed by atoms with E-state index in [0.29, 0.717) is 39.7 Å². The van der Waals surface area contributed by atoms with Crippen molar-refractivity contribution in [2.45, 2.75) is 6.92 Å². The molecule has 0 aromatic heterocycles. The van der Waals surface area contributed by atoms with Gasteiger partial charge in [0.1, 0.15) is 5.82 Å². The smallest absolute Gasteiger partial charge is 0.203 e. The van der Waals surface area contributed by atoms with Crippen LogP contribution in [0, 0.1) is 5.82 Å². The zero-order chi connectivity index (χ0) is 17.0. The number of halogens is 1. The minimum absolute atomic E-state index is 0.309. The molecule has 0 aliphatic rings. The summed E-state index contributed by atoms with van der Waals surface area (Å²) in [7, 11) is 4.47. The average molecular weight is 319 g/mol. The molecule has 0 atom stereocenters. The average Bonchev–Trinajstić information content (AvgIpc) is 2.59. The lowest BCUT2D eigenvalue weighted by Crippen LogP contribution is -2.00. The van der Waals surface area contributed by atoms with Crippen LogP contribution in [0.25, 0.3) is 11.1 Å². The first-order valence-corrected chi connectivity index (χ1v) is 6.85. The molecular weight excluding hydrogens is 301 g/mol. The largest absolute Gasteiger partial charge is 0.493 e. The van der Waals surface area contributed by atoms with Crippen LogP contribution in [0.15, 0.2) is 35.5 Å². The second-order valence-corrected chi connectivity index (χ2v) is 4.76. The molecule has 6 heteroatoms. The molecular formula is C17H18FNO4. The molecule has 0 saturated heterocycles. The quantitative estimate of drug-likeness (QED) is 0.518. The highest BCUT2D eigenvalue weighted by atomic mass is 19.1. The Bertz CT molecular complexity index is 744. The Kier molecular flexibility index (Phi) is 5.05. The third-order valence-corrected chi connectivity index (χ3v) is 3.53. The van der Waals surface area contributed by atoms with Gasteiger partial charge in [0.05, 0.1) is 27.0 Å². The standard InChI is InChI=1S/C17H18FNO4/c1-10(19-20)11-5-7-14(18)13(9-11)12-6-8-15(21-2)17(23-4)16(12)22-3/h5-9,20H,1-4H3/b19-10+. The van der Waals surface area contributed by atoms with E-state index in [1.165, 1.54) is 27.4 Å². The molecule has 0 unspecified atom stereocenters. The zero-order valence-corrected chi connectivity index (χ0v) is 13.4. The highest BCUT2D eigenvalue weighted by Gasteiger charge is 2.19. The van der Waals surface area contributed by atoms with Crippen molar-refractivity contribution < 1.29 is 23.8 Å². The van der Waals surface area contributed by atoms with Crippen LogP contribution in [-0.2, 0) is 0 Å². The van der Waals surface area contributed by atoms with Gasteiger partial charge >= 0.3 is 0 Å². The van der Waals surface area contributed by atoms with Crippen molar-refractivity contribution in [3.63, 3.8) is 0 Å². The third kappa shape index (κ3) is 3.06. The van der Waals surface area contributed by atoms with Crippen LogP contribution in [0.3, 0.4) is 0 Å². The maximum absolute atomic E-state index is 14.3. The number of hydrogen-bond donors (Lipinski definition) is 1. The minimum Gasteiger partial charge on any atom is -0.493 e. The molecule has 0 saturated carbocycles. The predicted octanol–water partition coefficient (Wildman–Crippen LogP) is 3.72. The Morgan fingerprint density at radius 2 is 1.65 bits per heavy atom. The lowest BCUT2D eigenvalue weighted by atomic mass is 9.99. The number of ether oxygens (including phenoxy) is 3. The molecule has 122 valence electrons. The molecule has 0 heterocycles. The van der Waals surface area contributed by atoms with Gasteiger partial charge in [-0.1, -0.05) is 11.2 Å². The second-order valence-electron chi connectivity index (χ2n) is 4.76. The van der Waals surface area contributed by atoms with E-state index < -0.39 is 5.82 Å². The molecule has 0 amide bonds. The monoisotopic (exact) mass is 319 g/mol. The molecule has 0 spiro atoms.